The summed E-state index contributed by atoms with van der Waals surface area (Å²) in [6, 6.07) is 11.3. The molecule has 22 heavy (non-hydrogen) atoms. The van der Waals surface area contributed by atoms with Crippen LogP contribution in [0, 0.1) is 6.92 Å². The highest BCUT2D eigenvalue weighted by molar-refractivity contribution is 9.10. The first-order valence-corrected chi connectivity index (χ1v) is 8.47. The number of piperidine rings is 1. The molecule has 0 radical (unpaired) electrons. The molecule has 1 saturated heterocycles. The molecule has 2 aromatic rings. The second kappa shape index (κ2) is 6.61. The molecule has 1 fully saturated rings. The first-order valence-electron chi connectivity index (χ1n) is 7.68. The Bertz CT molecular complexity index is 676. The molecule has 0 spiro atoms. The Labute approximate surface area is 139 Å². The van der Waals surface area contributed by atoms with E-state index >= 15 is 0 Å². The number of anilines is 1. The molecular formula is C18H19BrN2O. The summed E-state index contributed by atoms with van der Waals surface area (Å²) in [5.74, 6) is 0.883. The fraction of sp³-hybridized carbons (Fsp3) is 0.333. The molecule has 0 bridgehead atoms. The monoisotopic (exact) mass is 358 g/mol. The van der Waals surface area contributed by atoms with E-state index in [1.54, 1.807) is 0 Å². The van der Waals surface area contributed by atoms with Gasteiger partial charge in [0.05, 0.1) is 5.56 Å². The lowest BCUT2D eigenvalue weighted by molar-refractivity contribution is 0.103. The Kier molecular flexibility index (Phi) is 4.57. The molecule has 0 saturated carbocycles. The minimum Gasteiger partial charge on any atom is -0.356 e. The average Bonchev–Trinajstić information content (AvgIpc) is 2.56. The molecule has 0 atom stereocenters. The summed E-state index contributed by atoms with van der Waals surface area (Å²) in [4.78, 5) is 19.8. The zero-order valence-electron chi connectivity index (χ0n) is 12.7. The number of rotatable bonds is 3. The van der Waals surface area contributed by atoms with E-state index in [-0.39, 0.29) is 5.78 Å². The van der Waals surface area contributed by atoms with Crippen molar-refractivity contribution in [1.82, 2.24) is 4.98 Å². The lowest BCUT2D eigenvalue weighted by Crippen LogP contribution is -2.31. The third kappa shape index (κ3) is 3.22. The minimum atomic E-state index is 0.0422. The van der Waals surface area contributed by atoms with Gasteiger partial charge in [-0.3, -0.25) is 4.79 Å². The average molecular weight is 359 g/mol. The molecule has 1 aliphatic heterocycles. The number of halogens is 1. The van der Waals surface area contributed by atoms with E-state index in [0.29, 0.717) is 11.1 Å². The van der Waals surface area contributed by atoms with Gasteiger partial charge in [-0.05, 0) is 62.6 Å². The molecule has 3 rings (SSSR count). The molecule has 0 unspecified atom stereocenters. The van der Waals surface area contributed by atoms with Crippen molar-refractivity contribution in [3.05, 3.63) is 57.7 Å². The predicted molar refractivity (Wildman–Crippen MR) is 92.6 cm³/mol. The van der Waals surface area contributed by atoms with Gasteiger partial charge in [0, 0.05) is 28.8 Å². The smallest absolute Gasteiger partial charge is 0.196 e. The third-order valence-corrected chi connectivity index (χ3v) is 4.55. The third-order valence-electron chi connectivity index (χ3n) is 4.02. The van der Waals surface area contributed by atoms with E-state index in [4.69, 9.17) is 0 Å². The summed E-state index contributed by atoms with van der Waals surface area (Å²) >= 11 is 3.41. The van der Waals surface area contributed by atoms with Crippen molar-refractivity contribution >= 4 is 27.5 Å². The van der Waals surface area contributed by atoms with Crippen molar-refractivity contribution < 1.29 is 4.79 Å². The van der Waals surface area contributed by atoms with Crippen LogP contribution in [0.25, 0.3) is 0 Å². The number of benzene rings is 1. The maximum atomic E-state index is 12.9. The van der Waals surface area contributed by atoms with E-state index in [1.165, 1.54) is 19.3 Å². The number of pyridine rings is 1. The normalized spacial score (nSPS) is 14.9. The first-order chi connectivity index (χ1) is 10.6. The van der Waals surface area contributed by atoms with E-state index in [9.17, 15) is 4.79 Å². The summed E-state index contributed by atoms with van der Waals surface area (Å²) in [6.07, 6.45) is 3.60. The minimum absolute atomic E-state index is 0.0422. The Morgan fingerprint density at radius 2 is 1.73 bits per heavy atom. The van der Waals surface area contributed by atoms with Crippen LogP contribution in [0.1, 0.15) is 40.9 Å². The molecular weight excluding hydrogens is 340 g/mol. The maximum absolute atomic E-state index is 12.9. The van der Waals surface area contributed by atoms with Crippen LogP contribution in [-0.4, -0.2) is 23.9 Å². The number of carbonyl (C=O) groups is 1. The quantitative estimate of drug-likeness (QED) is 0.763. The Hall–Kier alpha value is -1.68. The fourth-order valence-electron chi connectivity index (χ4n) is 2.82. The molecule has 1 aromatic carbocycles. The van der Waals surface area contributed by atoms with Gasteiger partial charge in [-0.2, -0.15) is 0 Å². The van der Waals surface area contributed by atoms with Gasteiger partial charge < -0.3 is 4.90 Å². The van der Waals surface area contributed by atoms with Crippen LogP contribution in [0.15, 0.2) is 40.9 Å². The highest BCUT2D eigenvalue weighted by atomic mass is 79.9. The highest BCUT2D eigenvalue weighted by Crippen LogP contribution is 2.25. The van der Waals surface area contributed by atoms with Gasteiger partial charge >= 0.3 is 0 Å². The van der Waals surface area contributed by atoms with E-state index in [1.807, 2.05) is 43.3 Å². The predicted octanol–water partition coefficient (Wildman–Crippen LogP) is 4.37. The lowest BCUT2D eigenvalue weighted by Gasteiger charge is -2.29. The van der Waals surface area contributed by atoms with E-state index in [2.05, 4.69) is 25.8 Å². The number of nitrogens with zero attached hydrogens (tertiary/aromatic N) is 2. The molecule has 0 N–H and O–H groups in total. The van der Waals surface area contributed by atoms with Crippen LogP contribution in [0.2, 0.25) is 0 Å². The molecule has 2 heterocycles. The van der Waals surface area contributed by atoms with Crippen molar-refractivity contribution in [3.8, 4) is 0 Å². The molecule has 4 heteroatoms. The van der Waals surface area contributed by atoms with Crippen LogP contribution < -0.4 is 4.90 Å². The van der Waals surface area contributed by atoms with Gasteiger partial charge in [0.1, 0.15) is 5.82 Å². The van der Waals surface area contributed by atoms with Crippen molar-refractivity contribution in [2.24, 2.45) is 0 Å². The van der Waals surface area contributed by atoms with Crippen LogP contribution >= 0.6 is 15.9 Å². The zero-order valence-corrected chi connectivity index (χ0v) is 14.3. The second-order valence-electron chi connectivity index (χ2n) is 5.71. The number of aromatic nitrogens is 1. The first kappa shape index (κ1) is 15.2. The maximum Gasteiger partial charge on any atom is 0.196 e. The summed E-state index contributed by atoms with van der Waals surface area (Å²) < 4.78 is 0.974. The summed E-state index contributed by atoms with van der Waals surface area (Å²) in [6.45, 7) is 3.94. The van der Waals surface area contributed by atoms with E-state index < -0.39 is 0 Å². The van der Waals surface area contributed by atoms with Crippen molar-refractivity contribution in [2.75, 3.05) is 18.0 Å². The van der Waals surface area contributed by atoms with Crippen molar-refractivity contribution in [1.29, 1.82) is 0 Å². The van der Waals surface area contributed by atoms with Gasteiger partial charge in [-0.25, -0.2) is 4.98 Å². The summed E-state index contributed by atoms with van der Waals surface area (Å²) in [5.41, 5.74) is 2.36. The van der Waals surface area contributed by atoms with Crippen LogP contribution in [0.4, 0.5) is 5.82 Å². The van der Waals surface area contributed by atoms with Gasteiger partial charge in [-0.15, -0.1) is 0 Å². The van der Waals surface area contributed by atoms with Crippen molar-refractivity contribution in [2.45, 2.75) is 26.2 Å². The molecule has 1 aliphatic rings. The van der Waals surface area contributed by atoms with Crippen molar-refractivity contribution in [3.63, 3.8) is 0 Å². The fourth-order valence-corrected chi connectivity index (χ4v) is 3.09. The Balaban J connectivity index is 1.98. The number of hydrogen-bond acceptors (Lipinski definition) is 3. The van der Waals surface area contributed by atoms with Crippen LogP contribution in [0.3, 0.4) is 0 Å². The standard InChI is InChI=1S/C18H19BrN2O/c1-13-5-10-16(17(22)14-6-8-15(19)9-7-14)18(20-13)21-11-3-2-4-12-21/h5-10H,2-4,11-12H2,1H3. The second-order valence-corrected chi connectivity index (χ2v) is 6.62. The molecule has 0 amide bonds. The molecule has 0 aliphatic carbocycles. The largest absolute Gasteiger partial charge is 0.356 e. The van der Waals surface area contributed by atoms with E-state index in [0.717, 1.165) is 29.1 Å². The van der Waals surface area contributed by atoms with Crippen LogP contribution in [-0.2, 0) is 0 Å². The number of ketones is 1. The Morgan fingerprint density at radius 3 is 2.41 bits per heavy atom. The SMILES string of the molecule is Cc1ccc(C(=O)c2ccc(Br)cc2)c(N2CCCCC2)n1. The topological polar surface area (TPSA) is 33.2 Å². The van der Waals surface area contributed by atoms with Gasteiger partial charge in [0.25, 0.3) is 0 Å². The number of hydrogen-bond donors (Lipinski definition) is 0. The molecule has 3 nitrogen and oxygen atoms in total. The Morgan fingerprint density at radius 1 is 1.05 bits per heavy atom. The van der Waals surface area contributed by atoms with Gasteiger partial charge in [0.2, 0.25) is 0 Å². The number of aryl methyl sites for hydroxylation is 1. The van der Waals surface area contributed by atoms with Crippen LogP contribution in [0.5, 0.6) is 0 Å². The number of carbonyl (C=O) groups excluding carboxylic acids is 1. The highest BCUT2D eigenvalue weighted by Gasteiger charge is 2.21. The summed E-state index contributed by atoms with van der Waals surface area (Å²) in [7, 11) is 0. The lowest BCUT2D eigenvalue weighted by atomic mass is 10.0. The summed E-state index contributed by atoms with van der Waals surface area (Å²) in [5, 5.41) is 0. The zero-order chi connectivity index (χ0) is 15.5. The molecule has 1 aromatic heterocycles. The van der Waals surface area contributed by atoms with Gasteiger partial charge in [-0.1, -0.05) is 15.9 Å². The van der Waals surface area contributed by atoms with Gasteiger partial charge in [0.15, 0.2) is 5.78 Å². The molecule has 114 valence electrons.